The Morgan fingerprint density at radius 2 is 1.37 bits per heavy atom. The van der Waals surface area contributed by atoms with E-state index in [0.29, 0.717) is 5.56 Å². The summed E-state index contributed by atoms with van der Waals surface area (Å²) in [4.78, 5) is 22.6. The van der Waals surface area contributed by atoms with Crippen molar-refractivity contribution in [2.45, 2.75) is 33.1 Å². The maximum Gasteiger partial charge on any atom is 0.338 e. The van der Waals surface area contributed by atoms with Crippen LogP contribution in [0.15, 0.2) is 48.5 Å². The molecule has 0 aliphatic carbocycles. The number of esters is 2. The minimum atomic E-state index is -0.440. The van der Waals surface area contributed by atoms with Gasteiger partial charge in [0.05, 0.1) is 12.2 Å². The number of rotatable bonds is 10. The fraction of sp³-hybridized carbons (Fsp3) is 0.364. The minimum absolute atomic E-state index is 0.0416. The van der Waals surface area contributed by atoms with E-state index in [1.165, 1.54) is 19.8 Å². The fourth-order valence-electron chi connectivity index (χ4n) is 2.49. The largest absolute Gasteiger partial charge is 0.494 e. The lowest BCUT2D eigenvalue weighted by atomic mass is 10.0. The van der Waals surface area contributed by atoms with E-state index in [4.69, 9.17) is 14.2 Å². The Kier molecular flexibility index (Phi) is 8.36. The second-order valence-electron chi connectivity index (χ2n) is 6.13. The van der Waals surface area contributed by atoms with Crippen LogP contribution in [0.1, 0.15) is 43.5 Å². The average molecular weight is 370 g/mol. The molecule has 0 fully saturated rings. The summed E-state index contributed by atoms with van der Waals surface area (Å²) in [5, 5.41) is 0. The van der Waals surface area contributed by atoms with Crippen molar-refractivity contribution in [3.8, 4) is 16.9 Å². The zero-order valence-corrected chi connectivity index (χ0v) is 15.9. The Labute approximate surface area is 160 Å². The van der Waals surface area contributed by atoms with Gasteiger partial charge in [-0.05, 0) is 41.8 Å². The minimum Gasteiger partial charge on any atom is -0.494 e. The zero-order chi connectivity index (χ0) is 19.5. The van der Waals surface area contributed by atoms with Crippen LogP contribution in [0, 0.1) is 0 Å². The Morgan fingerprint density at radius 1 is 0.778 bits per heavy atom. The summed E-state index contributed by atoms with van der Waals surface area (Å²) >= 11 is 0. The lowest BCUT2D eigenvalue weighted by Gasteiger charge is -2.08. The molecule has 0 spiro atoms. The van der Waals surface area contributed by atoms with Crippen molar-refractivity contribution >= 4 is 11.9 Å². The first-order valence-corrected chi connectivity index (χ1v) is 9.24. The van der Waals surface area contributed by atoms with Gasteiger partial charge in [-0.15, -0.1) is 0 Å². The second kappa shape index (κ2) is 11.0. The van der Waals surface area contributed by atoms with Gasteiger partial charge in [-0.25, -0.2) is 4.79 Å². The number of benzene rings is 2. The number of carbonyl (C=O) groups is 2. The average Bonchev–Trinajstić information content (AvgIpc) is 2.69. The standard InChI is InChI=1S/C22H26O5/c1-3-4-5-14-26-21-12-10-19(11-13-21)18-6-8-20(9-7-18)22(24)27-16-15-25-17(2)23/h6-13H,3-5,14-16H2,1-2H3. The molecule has 0 heterocycles. The number of carbonyl (C=O) groups excluding carboxylic acids is 2. The summed E-state index contributed by atoms with van der Waals surface area (Å²) < 4.78 is 15.5. The summed E-state index contributed by atoms with van der Waals surface area (Å²) in [7, 11) is 0. The Balaban J connectivity index is 1.86. The van der Waals surface area contributed by atoms with Gasteiger partial charge in [0.1, 0.15) is 19.0 Å². The van der Waals surface area contributed by atoms with E-state index in [-0.39, 0.29) is 13.2 Å². The highest BCUT2D eigenvalue weighted by Gasteiger charge is 2.08. The van der Waals surface area contributed by atoms with Gasteiger partial charge in [0.2, 0.25) is 0 Å². The maximum absolute atomic E-state index is 11.9. The molecule has 5 heteroatoms. The third-order valence-corrected chi connectivity index (χ3v) is 3.95. The first kappa shape index (κ1) is 20.5. The van der Waals surface area contributed by atoms with Crippen LogP contribution in [-0.2, 0) is 14.3 Å². The summed E-state index contributed by atoms with van der Waals surface area (Å²) in [6.45, 7) is 4.32. The molecule has 0 aromatic heterocycles. The Bertz CT molecular complexity index is 719. The molecule has 2 aromatic rings. The van der Waals surface area contributed by atoms with Crippen LogP contribution in [0.25, 0.3) is 11.1 Å². The number of hydrogen-bond acceptors (Lipinski definition) is 5. The Morgan fingerprint density at radius 3 is 1.96 bits per heavy atom. The van der Waals surface area contributed by atoms with Crippen LogP contribution >= 0.6 is 0 Å². The van der Waals surface area contributed by atoms with E-state index in [2.05, 4.69) is 6.92 Å². The van der Waals surface area contributed by atoms with Crippen molar-refractivity contribution in [2.75, 3.05) is 19.8 Å². The van der Waals surface area contributed by atoms with E-state index >= 15 is 0 Å². The van der Waals surface area contributed by atoms with Crippen molar-refractivity contribution in [3.63, 3.8) is 0 Å². The molecule has 0 aliphatic rings. The van der Waals surface area contributed by atoms with E-state index in [9.17, 15) is 9.59 Å². The normalized spacial score (nSPS) is 10.3. The van der Waals surface area contributed by atoms with Crippen LogP contribution in [-0.4, -0.2) is 31.8 Å². The summed E-state index contributed by atoms with van der Waals surface area (Å²) in [5.41, 5.74) is 2.51. The van der Waals surface area contributed by atoms with Gasteiger partial charge in [-0.1, -0.05) is 44.0 Å². The maximum atomic E-state index is 11.9. The molecule has 0 saturated heterocycles. The van der Waals surface area contributed by atoms with Gasteiger partial charge in [0.15, 0.2) is 0 Å². The molecule has 2 aromatic carbocycles. The molecule has 0 radical (unpaired) electrons. The molecule has 0 atom stereocenters. The number of unbranched alkanes of at least 4 members (excludes halogenated alkanes) is 2. The van der Waals surface area contributed by atoms with Crippen LogP contribution < -0.4 is 4.74 Å². The monoisotopic (exact) mass is 370 g/mol. The van der Waals surface area contributed by atoms with E-state index in [1.807, 2.05) is 36.4 Å². The van der Waals surface area contributed by atoms with Gasteiger partial charge in [0, 0.05) is 6.92 Å². The molecule has 0 N–H and O–H groups in total. The van der Waals surface area contributed by atoms with Crippen LogP contribution in [0.5, 0.6) is 5.75 Å². The van der Waals surface area contributed by atoms with Crippen LogP contribution in [0.3, 0.4) is 0 Å². The summed E-state index contributed by atoms with van der Waals surface area (Å²) in [6, 6.07) is 15.1. The molecule has 2 rings (SSSR count). The molecule has 0 amide bonds. The fourth-order valence-corrected chi connectivity index (χ4v) is 2.49. The van der Waals surface area contributed by atoms with E-state index < -0.39 is 11.9 Å². The molecule has 0 bridgehead atoms. The van der Waals surface area contributed by atoms with Crippen LogP contribution in [0.2, 0.25) is 0 Å². The van der Waals surface area contributed by atoms with E-state index in [1.54, 1.807) is 12.1 Å². The van der Waals surface area contributed by atoms with Crippen molar-refractivity contribution < 1.29 is 23.8 Å². The first-order valence-electron chi connectivity index (χ1n) is 9.24. The molecular formula is C22H26O5. The van der Waals surface area contributed by atoms with Gasteiger partial charge >= 0.3 is 11.9 Å². The molecular weight excluding hydrogens is 344 g/mol. The smallest absolute Gasteiger partial charge is 0.338 e. The quantitative estimate of drug-likeness (QED) is 0.450. The first-order chi connectivity index (χ1) is 13.1. The highest BCUT2D eigenvalue weighted by atomic mass is 16.6. The highest BCUT2D eigenvalue weighted by Crippen LogP contribution is 2.23. The SMILES string of the molecule is CCCCCOc1ccc(-c2ccc(C(=O)OCCOC(C)=O)cc2)cc1. The predicted octanol–water partition coefficient (Wildman–Crippen LogP) is 4.64. The molecule has 5 nitrogen and oxygen atoms in total. The topological polar surface area (TPSA) is 61.8 Å². The molecule has 0 saturated carbocycles. The zero-order valence-electron chi connectivity index (χ0n) is 15.9. The van der Waals surface area contributed by atoms with Gasteiger partial charge in [-0.3, -0.25) is 4.79 Å². The number of hydrogen-bond donors (Lipinski definition) is 0. The summed E-state index contributed by atoms with van der Waals surface area (Å²) in [6.07, 6.45) is 3.42. The van der Waals surface area contributed by atoms with E-state index in [0.717, 1.165) is 29.9 Å². The second-order valence-corrected chi connectivity index (χ2v) is 6.13. The predicted molar refractivity (Wildman–Crippen MR) is 104 cm³/mol. The number of ether oxygens (including phenoxy) is 3. The summed E-state index contributed by atoms with van der Waals surface area (Å²) in [5.74, 6) is 0.0279. The third kappa shape index (κ3) is 7.13. The Hall–Kier alpha value is -2.82. The lowest BCUT2D eigenvalue weighted by molar-refractivity contribution is -0.142. The van der Waals surface area contributed by atoms with Gasteiger partial charge in [-0.2, -0.15) is 0 Å². The van der Waals surface area contributed by atoms with Crippen molar-refractivity contribution in [2.24, 2.45) is 0 Å². The van der Waals surface area contributed by atoms with Crippen LogP contribution in [0.4, 0.5) is 0 Å². The van der Waals surface area contributed by atoms with Crippen molar-refractivity contribution in [3.05, 3.63) is 54.1 Å². The van der Waals surface area contributed by atoms with Gasteiger partial charge < -0.3 is 14.2 Å². The molecule has 0 aliphatic heterocycles. The molecule has 27 heavy (non-hydrogen) atoms. The third-order valence-electron chi connectivity index (χ3n) is 3.95. The van der Waals surface area contributed by atoms with Crippen molar-refractivity contribution in [1.82, 2.24) is 0 Å². The van der Waals surface area contributed by atoms with Gasteiger partial charge in [0.25, 0.3) is 0 Å². The molecule has 0 unspecified atom stereocenters. The highest BCUT2D eigenvalue weighted by molar-refractivity contribution is 5.90. The molecule has 144 valence electrons. The van der Waals surface area contributed by atoms with Crippen molar-refractivity contribution in [1.29, 1.82) is 0 Å². The lowest BCUT2D eigenvalue weighted by Crippen LogP contribution is -2.12.